The number of rotatable bonds is 6. The number of sulfone groups is 1. The number of alkyl halides is 2. The summed E-state index contributed by atoms with van der Waals surface area (Å²) in [4.78, 5) is 21.1. The molecule has 4 aromatic rings. The van der Waals surface area contributed by atoms with Gasteiger partial charge in [0.15, 0.2) is 9.84 Å². The predicted molar refractivity (Wildman–Crippen MR) is 140 cm³/mol. The Hall–Kier alpha value is -3.52. The lowest BCUT2D eigenvalue weighted by molar-refractivity contribution is 0.116. The second-order valence-corrected chi connectivity index (χ2v) is 12.8. The Balaban J connectivity index is 1.48. The number of anilines is 1. The van der Waals surface area contributed by atoms with Gasteiger partial charge in [-0.15, -0.1) is 21.5 Å². The maximum absolute atomic E-state index is 15.3. The first kappa shape index (κ1) is 27.1. The molecule has 1 fully saturated rings. The SMILES string of the molecule is CC(C)c1nc2ccc(N(Cc3ccc(-c4nnc(C(F)F)o4)cc3F)C(=O)N3CCS(=O)(=O)CC3)cc2s1. The maximum atomic E-state index is 15.3. The lowest BCUT2D eigenvalue weighted by Gasteiger charge is -2.33. The summed E-state index contributed by atoms with van der Waals surface area (Å²) in [5.74, 6) is -1.90. The Morgan fingerprint density at radius 1 is 1.13 bits per heavy atom. The first-order valence-corrected chi connectivity index (χ1v) is 14.7. The molecule has 39 heavy (non-hydrogen) atoms. The van der Waals surface area contributed by atoms with Gasteiger partial charge in [0.05, 0.1) is 33.3 Å². The van der Waals surface area contributed by atoms with Crippen LogP contribution in [0.4, 0.5) is 23.7 Å². The highest BCUT2D eigenvalue weighted by molar-refractivity contribution is 7.91. The molecule has 5 rings (SSSR count). The average molecular weight is 580 g/mol. The molecule has 0 saturated carbocycles. The number of benzene rings is 2. The summed E-state index contributed by atoms with van der Waals surface area (Å²) in [6.07, 6.45) is -2.95. The Morgan fingerprint density at radius 3 is 2.51 bits per heavy atom. The smallest absolute Gasteiger partial charge is 0.324 e. The van der Waals surface area contributed by atoms with E-state index in [1.165, 1.54) is 33.3 Å². The fraction of sp³-hybridized carbons (Fsp3) is 0.360. The van der Waals surface area contributed by atoms with Crippen LogP contribution in [-0.4, -0.2) is 59.1 Å². The van der Waals surface area contributed by atoms with E-state index in [-0.39, 0.29) is 54.1 Å². The minimum atomic E-state index is -3.22. The fourth-order valence-corrected chi connectivity index (χ4v) is 6.31. The highest BCUT2D eigenvalue weighted by Crippen LogP contribution is 2.32. The second kappa shape index (κ2) is 10.6. The molecular formula is C25H24F3N5O4S2. The minimum Gasteiger partial charge on any atom is -0.415 e. The molecule has 1 aliphatic heterocycles. The van der Waals surface area contributed by atoms with Crippen molar-refractivity contribution in [2.24, 2.45) is 0 Å². The van der Waals surface area contributed by atoms with Gasteiger partial charge >= 0.3 is 12.5 Å². The van der Waals surface area contributed by atoms with Gasteiger partial charge in [-0.1, -0.05) is 19.9 Å². The number of hydrogen-bond acceptors (Lipinski definition) is 8. The van der Waals surface area contributed by atoms with Crippen LogP contribution in [-0.2, 0) is 16.4 Å². The van der Waals surface area contributed by atoms with Crippen LogP contribution in [0.2, 0.25) is 0 Å². The predicted octanol–water partition coefficient (Wildman–Crippen LogP) is 5.40. The Kier molecular flexibility index (Phi) is 7.33. The molecule has 9 nitrogen and oxygen atoms in total. The zero-order chi connectivity index (χ0) is 27.9. The molecule has 0 atom stereocenters. The molecule has 0 spiro atoms. The fourth-order valence-electron chi connectivity index (χ4n) is 4.11. The number of nitrogens with zero attached hydrogens (tertiary/aromatic N) is 5. The molecule has 2 aromatic carbocycles. The summed E-state index contributed by atoms with van der Waals surface area (Å²) in [7, 11) is -3.22. The van der Waals surface area contributed by atoms with Gasteiger partial charge in [-0.25, -0.2) is 22.6 Å². The van der Waals surface area contributed by atoms with Crippen LogP contribution in [0.25, 0.3) is 21.7 Å². The molecule has 0 unspecified atom stereocenters. The molecule has 1 saturated heterocycles. The van der Waals surface area contributed by atoms with Crippen LogP contribution in [0.3, 0.4) is 0 Å². The third-order valence-electron chi connectivity index (χ3n) is 6.30. The molecule has 1 aliphatic rings. The molecule has 0 radical (unpaired) electrons. The number of carbonyl (C=O) groups is 1. The molecule has 2 amide bonds. The van der Waals surface area contributed by atoms with E-state index in [4.69, 9.17) is 4.42 Å². The molecule has 3 heterocycles. The largest absolute Gasteiger partial charge is 0.415 e. The topological polar surface area (TPSA) is 110 Å². The maximum Gasteiger partial charge on any atom is 0.324 e. The number of fused-ring (bicyclic) bond motifs is 1. The van der Waals surface area contributed by atoms with Crippen molar-refractivity contribution in [1.29, 1.82) is 0 Å². The van der Waals surface area contributed by atoms with Crippen molar-refractivity contribution in [1.82, 2.24) is 20.1 Å². The van der Waals surface area contributed by atoms with E-state index in [9.17, 15) is 22.0 Å². The number of urea groups is 1. The van der Waals surface area contributed by atoms with Gasteiger partial charge in [0.1, 0.15) is 5.82 Å². The summed E-state index contributed by atoms with van der Waals surface area (Å²) < 4.78 is 70.5. The second-order valence-electron chi connectivity index (χ2n) is 9.42. The molecule has 0 aliphatic carbocycles. The van der Waals surface area contributed by atoms with Crippen LogP contribution in [0.1, 0.15) is 42.7 Å². The van der Waals surface area contributed by atoms with E-state index < -0.39 is 34.0 Å². The first-order valence-electron chi connectivity index (χ1n) is 12.1. The zero-order valence-corrected chi connectivity index (χ0v) is 22.6. The average Bonchev–Trinajstić information content (AvgIpc) is 3.55. The highest BCUT2D eigenvalue weighted by atomic mass is 32.2. The van der Waals surface area contributed by atoms with Gasteiger partial charge in [-0.05, 0) is 30.3 Å². The Labute approximate surface area is 226 Å². The van der Waals surface area contributed by atoms with Crippen molar-refractivity contribution in [2.75, 3.05) is 29.5 Å². The van der Waals surface area contributed by atoms with E-state index in [1.807, 2.05) is 19.9 Å². The lowest BCUT2D eigenvalue weighted by atomic mass is 10.1. The van der Waals surface area contributed by atoms with Crippen molar-refractivity contribution in [3.05, 3.63) is 58.7 Å². The van der Waals surface area contributed by atoms with E-state index in [0.717, 1.165) is 21.3 Å². The molecule has 14 heteroatoms. The number of hydrogen-bond donors (Lipinski definition) is 0. The summed E-state index contributed by atoms with van der Waals surface area (Å²) >= 11 is 1.50. The van der Waals surface area contributed by atoms with Crippen LogP contribution >= 0.6 is 11.3 Å². The molecule has 0 bridgehead atoms. The molecule has 2 aromatic heterocycles. The van der Waals surface area contributed by atoms with Crippen LogP contribution in [0, 0.1) is 5.82 Å². The van der Waals surface area contributed by atoms with Gasteiger partial charge < -0.3 is 9.32 Å². The number of thiazole rings is 1. The molecular weight excluding hydrogens is 555 g/mol. The normalized spacial score (nSPS) is 15.4. The first-order chi connectivity index (χ1) is 18.5. The summed E-state index contributed by atoms with van der Waals surface area (Å²) in [6.45, 7) is 3.97. The number of carbonyl (C=O) groups excluding carboxylic acids is 1. The summed E-state index contributed by atoms with van der Waals surface area (Å²) in [5, 5.41) is 7.75. The van der Waals surface area contributed by atoms with E-state index >= 15 is 4.39 Å². The van der Waals surface area contributed by atoms with Crippen molar-refractivity contribution < 1.29 is 30.8 Å². The Morgan fingerprint density at radius 2 is 1.87 bits per heavy atom. The molecule has 0 N–H and O–H groups in total. The van der Waals surface area contributed by atoms with Gasteiger partial charge in [0, 0.05) is 35.8 Å². The molecule has 206 valence electrons. The van der Waals surface area contributed by atoms with E-state index in [2.05, 4.69) is 15.2 Å². The van der Waals surface area contributed by atoms with E-state index in [1.54, 1.807) is 12.1 Å². The van der Waals surface area contributed by atoms with Crippen molar-refractivity contribution in [3.8, 4) is 11.5 Å². The lowest BCUT2D eigenvalue weighted by Crippen LogP contribution is -2.49. The van der Waals surface area contributed by atoms with Gasteiger partial charge in [0.2, 0.25) is 5.89 Å². The standard InChI is InChI=1S/C25H24F3N5O4S2/c1-14(2)24-29-19-6-5-17(12-20(19)38-24)33(25(34)32-7-9-39(35,36)10-8-32)13-16-4-3-15(11-18(16)26)22-30-31-23(37-22)21(27)28/h3-6,11-12,14,21H,7-10,13H2,1-2H3. The highest BCUT2D eigenvalue weighted by Gasteiger charge is 2.30. The van der Waals surface area contributed by atoms with Crippen LogP contribution in [0.5, 0.6) is 0 Å². The van der Waals surface area contributed by atoms with Crippen LogP contribution < -0.4 is 4.90 Å². The quantitative estimate of drug-likeness (QED) is 0.301. The Bertz CT molecular complexity index is 1620. The monoisotopic (exact) mass is 579 g/mol. The van der Waals surface area contributed by atoms with Gasteiger partial charge in [-0.3, -0.25) is 4.90 Å². The third-order valence-corrected chi connectivity index (χ3v) is 9.22. The zero-order valence-electron chi connectivity index (χ0n) is 21.0. The number of amides is 2. The van der Waals surface area contributed by atoms with Gasteiger partial charge in [0.25, 0.3) is 5.89 Å². The summed E-state index contributed by atoms with van der Waals surface area (Å²) in [6, 6.07) is 8.81. The van der Waals surface area contributed by atoms with Crippen molar-refractivity contribution in [3.63, 3.8) is 0 Å². The third kappa shape index (κ3) is 5.76. The van der Waals surface area contributed by atoms with Gasteiger partial charge in [-0.2, -0.15) is 8.78 Å². The number of halogens is 3. The summed E-state index contributed by atoms with van der Waals surface area (Å²) in [5.41, 5.74) is 1.55. The van der Waals surface area contributed by atoms with Crippen molar-refractivity contribution >= 4 is 43.1 Å². The van der Waals surface area contributed by atoms with Crippen molar-refractivity contribution in [2.45, 2.75) is 32.7 Å². The minimum absolute atomic E-state index is 0.0308. The van der Waals surface area contributed by atoms with E-state index in [0.29, 0.717) is 5.69 Å². The number of aromatic nitrogens is 3. The van der Waals surface area contributed by atoms with Crippen LogP contribution in [0.15, 0.2) is 40.8 Å².